The molecule has 0 saturated heterocycles. The molecule has 0 saturated carbocycles. The Labute approximate surface area is 117 Å². The number of rotatable bonds is 3. The maximum absolute atomic E-state index is 12.0. The van der Waals surface area contributed by atoms with Gasteiger partial charge in [-0.2, -0.15) is 0 Å². The fourth-order valence-corrected chi connectivity index (χ4v) is 1.86. The smallest absolute Gasteiger partial charge is 0.249 e. The molecule has 98 valence electrons. The van der Waals surface area contributed by atoms with Crippen LogP contribution in [0.25, 0.3) is 0 Å². The van der Waals surface area contributed by atoms with Gasteiger partial charge in [0.25, 0.3) is 0 Å². The predicted molar refractivity (Wildman–Crippen MR) is 79.1 cm³/mol. The SMILES string of the molecule is O=C(NCC1=CCC=CC=C1)C1=CN=C(Cl)C=CC1. The molecule has 0 radical (unpaired) electrons. The van der Waals surface area contributed by atoms with Crippen LogP contribution in [0.2, 0.25) is 0 Å². The fourth-order valence-electron chi connectivity index (χ4n) is 1.72. The van der Waals surface area contributed by atoms with E-state index in [-0.39, 0.29) is 5.91 Å². The molecule has 0 bridgehead atoms. The molecule has 19 heavy (non-hydrogen) atoms. The van der Waals surface area contributed by atoms with Crippen molar-refractivity contribution in [3.63, 3.8) is 0 Å². The minimum atomic E-state index is -0.105. The molecule has 1 aliphatic heterocycles. The fraction of sp³-hybridized carbons (Fsp3) is 0.200. The molecule has 1 heterocycles. The lowest BCUT2D eigenvalue weighted by Crippen LogP contribution is -2.26. The largest absolute Gasteiger partial charge is 0.348 e. The molecule has 1 amide bonds. The zero-order valence-corrected chi connectivity index (χ0v) is 11.2. The van der Waals surface area contributed by atoms with Crippen molar-refractivity contribution in [2.75, 3.05) is 6.54 Å². The van der Waals surface area contributed by atoms with E-state index in [0.717, 1.165) is 12.0 Å². The molecule has 2 aliphatic rings. The van der Waals surface area contributed by atoms with Gasteiger partial charge in [-0.15, -0.1) is 0 Å². The van der Waals surface area contributed by atoms with Crippen molar-refractivity contribution in [3.8, 4) is 0 Å². The quantitative estimate of drug-likeness (QED) is 0.844. The van der Waals surface area contributed by atoms with E-state index in [9.17, 15) is 4.79 Å². The van der Waals surface area contributed by atoms with Crippen LogP contribution in [0, 0.1) is 0 Å². The Balaban J connectivity index is 1.91. The van der Waals surface area contributed by atoms with Crippen molar-refractivity contribution in [1.29, 1.82) is 0 Å². The second-order valence-corrected chi connectivity index (χ2v) is 4.58. The third-order valence-corrected chi connectivity index (χ3v) is 2.98. The summed E-state index contributed by atoms with van der Waals surface area (Å²) in [4.78, 5) is 16.0. The minimum absolute atomic E-state index is 0.105. The first-order valence-electron chi connectivity index (χ1n) is 6.15. The van der Waals surface area contributed by atoms with Gasteiger partial charge in [-0.25, -0.2) is 4.99 Å². The predicted octanol–water partition coefficient (Wildman–Crippen LogP) is 3.03. The second-order valence-electron chi connectivity index (χ2n) is 4.20. The summed E-state index contributed by atoms with van der Waals surface area (Å²) in [6.45, 7) is 0.523. The normalized spacial score (nSPS) is 18.1. The molecule has 3 nitrogen and oxygen atoms in total. The lowest BCUT2D eigenvalue weighted by Gasteiger charge is -2.07. The van der Waals surface area contributed by atoms with E-state index < -0.39 is 0 Å². The van der Waals surface area contributed by atoms with Gasteiger partial charge in [0.1, 0.15) is 5.17 Å². The first-order valence-corrected chi connectivity index (χ1v) is 6.53. The van der Waals surface area contributed by atoms with E-state index in [0.29, 0.717) is 23.7 Å². The average Bonchev–Trinajstić information content (AvgIpc) is 2.78. The van der Waals surface area contributed by atoms with Gasteiger partial charge in [0.05, 0.1) is 0 Å². The van der Waals surface area contributed by atoms with Gasteiger partial charge in [-0.05, 0) is 24.5 Å². The highest BCUT2D eigenvalue weighted by molar-refractivity contribution is 6.68. The van der Waals surface area contributed by atoms with Crippen molar-refractivity contribution in [2.24, 2.45) is 4.99 Å². The Kier molecular flexibility index (Phi) is 4.93. The first-order chi connectivity index (χ1) is 9.25. The highest BCUT2D eigenvalue weighted by Crippen LogP contribution is 2.10. The van der Waals surface area contributed by atoms with Crippen LogP contribution < -0.4 is 5.32 Å². The molecule has 0 aromatic heterocycles. The molecule has 0 aromatic rings. The van der Waals surface area contributed by atoms with Crippen LogP contribution in [0.3, 0.4) is 0 Å². The maximum atomic E-state index is 12.0. The van der Waals surface area contributed by atoms with Gasteiger partial charge in [-0.1, -0.05) is 48.1 Å². The van der Waals surface area contributed by atoms with Crippen LogP contribution in [0.5, 0.6) is 0 Å². The molecule has 0 spiro atoms. The Hall–Kier alpha value is -1.87. The minimum Gasteiger partial charge on any atom is -0.348 e. The highest BCUT2D eigenvalue weighted by Gasteiger charge is 2.09. The zero-order chi connectivity index (χ0) is 13.5. The Morgan fingerprint density at radius 2 is 2.21 bits per heavy atom. The summed E-state index contributed by atoms with van der Waals surface area (Å²) in [5.41, 5.74) is 1.72. The number of halogens is 1. The Morgan fingerprint density at radius 3 is 3.11 bits per heavy atom. The lowest BCUT2D eigenvalue weighted by molar-refractivity contribution is -0.117. The molecule has 4 heteroatoms. The summed E-state index contributed by atoms with van der Waals surface area (Å²) >= 11 is 5.77. The molecule has 1 aliphatic carbocycles. The van der Waals surface area contributed by atoms with Crippen LogP contribution in [0.15, 0.2) is 64.9 Å². The number of amides is 1. The molecule has 2 rings (SSSR count). The third kappa shape index (κ3) is 4.38. The monoisotopic (exact) mass is 274 g/mol. The Bertz CT molecular complexity index is 536. The number of aliphatic imine (C=N–C) groups is 1. The van der Waals surface area contributed by atoms with Crippen LogP contribution in [-0.2, 0) is 4.79 Å². The number of nitrogens with one attached hydrogen (secondary N) is 1. The van der Waals surface area contributed by atoms with Crippen molar-refractivity contribution in [1.82, 2.24) is 5.32 Å². The van der Waals surface area contributed by atoms with Crippen LogP contribution in [0.4, 0.5) is 0 Å². The van der Waals surface area contributed by atoms with Gasteiger partial charge in [-0.3, -0.25) is 4.79 Å². The molecule has 1 N–H and O–H groups in total. The summed E-state index contributed by atoms with van der Waals surface area (Å²) in [5.74, 6) is -0.105. The van der Waals surface area contributed by atoms with Crippen molar-refractivity contribution in [3.05, 3.63) is 59.9 Å². The average molecular weight is 275 g/mol. The van der Waals surface area contributed by atoms with Crippen LogP contribution in [0.1, 0.15) is 12.8 Å². The zero-order valence-electron chi connectivity index (χ0n) is 10.5. The maximum Gasteiger partial charge on any atom is 0.249 e. The summed E-state index contributed by atoms with van der Waals surface area (Å²) < 4.78 is 0. The highest BCUT2D eigenvalue weighted by atomic mass is 35.5. The van der Waals surface area contributed by atoms with E-state index in [1.54, 1.807) is 6.08 Å². The van der Waals surface area contributed by atoms with E-state index in [2.05, 4.69) is 22.5 Å². The number of allylic oxidation sites excluding steroid dienone is 6. The second kappa shape index (κ2) is 6.90. The van der Waals surface area contributed by atoms with Crippen molar-refractivity contribution >= 4 is 22.7 Å². The standard InChI is InChI=1S/C15H15ClN2O/c16-14-9-5-8-13(11-17-14)15(19)18-10-12-6-3-1-2-4-7-12/h1-3,5-7,9,11H,4,8,10H2,(H,18,19). The third-order valence-electron chi connectivity index (χ3n) is 2.76. The lowest BCUT2D eigenvalue weighted by atomic mass is 10.1. The Morgan fingerprint density at radius 1 is 1.32 bits per heavy atom. The first kappa shape index (κ1) is 13.6. The van der Waals surface area contributed by atoms with E-state index >= 15 is 0 Å². The van der Waals surface area contributed by atoms with Gasteiger partial charge in [0.2, 0.25) is 5.91 Å². The molecular weight excluding hydrogens is 260 g/mol. The van der Waals surface area contributed by atoms with E-state index in [1.165, 1.54) is 6.20 Å². The van der Waals surface area contributed by atoms with Crippen LogP contribution >= 0.6 is 11.6 Å². The van der Waals surface area contributed by atoms with Gasteiger partial charge in [0, 0.05) is 18.3 Å². The number of nitrogens with zero attached hydrogens (tertiary/aromatic N) is 1. The van der Waals surface area contributed by atoms with E-state index in [1.807, 2.05) is 24.3 Å². The van der Waals surface area contributed by atoms with Crippen molar-refractivity contribution < 1.29 is 4.79 Å². The van der Waals surface area contributed by atoms with Crippen molar-refractivity contribution in [2.45, 2.75) is 12.8 Å². The van der Waals surface area contributed by atoms with Gasteiger partial charge >= 0.3 is 0 Å². The molecular formula is C15H15ClN2O. The summed E-state index contributed by atoms with van der Waals surface area (Å²) in [5, 5.41) is 3.28. The summed E-state index contributed by atoms with van der Waals surface area (Å²) in [7, 11) is 0. The topological polar surface area (TPSA) is 41.5 Å². The van der Waals surface area contributed by atoms with E-state index in [4.69, 9.17) is 11.6 Å². The number of hydrogen-bond donors (Lipinski definition) is 1. The molecule has 0 atom stereocenters. The van der Waals surface area contributed by atoms with Gasteiger partial charge in [0.15, 0.2) is 0 Å². The molecule has 0 unspecified atom stereocenters. The summed E-state index contributed by atoms with van der Waals surface area (Å²) in [6.07, 6.45) is 16.6. The number of carbonyl (C=O) groups excluding carboxylic acids is 1. The number of hydrogen-bond acceptors (Lipinski definition) is 2. The van der Waals surface area contributed by atoms with Gasteiger partial charge < -0.3 is 5.32 Å². The van der Waals surface area contributed by atoms with Crippen LogP contribution in [-0.4, -0.2) is 17.6 Å². The number of carbonyl (C=O) groups is 1. The molecule has 0 aromatic carbocycles. The summed E-state index contributed by atoms with van der Waals surface area (Å²) in [6, 6.07) is 0. The molecule has 0 fully saturated rings.